The second-order valence-corrected chi connectivity index (χ2v) is 21.3. The van der Waals surface area contributed by atoms with Crippen molar-refractivity contribution >= 4 is 29.7 Å². The van der Waals surface area contributed by atoms with Gasteiger partial charge in [-0.05, 0) is 101 Å². The van der Waals surface area contributed by atoms with Gasteiger partial charge in [-0.25, -0.2) is 4.79 Å². The number of carbonyl (C=O) groups is 5. The predicted molar refractivity (Wildman–Crippen MR) is 267 cm³/mol. The summed E-state index contributed by atoms with van der Waals surface area (Å²) >= 11 is 0. The number of carbonyl (C=O) groups excluding carboxylic acids is 5. The second kappa shape index (κ2) is 29.0. The molecule has 71 heavy (non-hydrogen) atoms. The lowest BCUT2D eigenvalue weighted by Gasteiger charge is -2.46. The summed E-state index contributed by atoms with van der Waals surface area (Å²) in [5.41, 5.74) is 0.872. The SMILES string of the molecule is CCOCCOC1CCC(CC(C)C2CC(=O)C(C)C(O)C(C)C(O)C(C=O)C(=O)C(C)CC(C)/C=C/C=CC=C(C)C(OC)CC3CCC(C)C(O)(O3)C(O)C(=O)N3CCCCC3C(=O)O2)CC1OC. The summed E-state index contributed by atoms with van der Waals surface area (Å²) in [6.07, 6.45) is 7.87. The van der Waals surface area contributed by atoms with Crippen molar-refractivity contribution in [3.63, 3.8) is 0 Å². The summed E-state index contributed by atoms with van der Waals surface area (Å²) in [6.45, 7) is 15.7. The lowest BCUT2D eigenvalue weighted by Crippen LogP contribution is -2.63. The number of allylic oxidation sites excluding steroid dienone is 5. The molecule has 3 heterocycles. The van der Waals surface area contributed by atoms with Crippen molar-refractivity contribution in [2.45, 2.75) is 193 Å². The van der Waals surface area contributed by atoms with Crippen LogP contribution in [0.4, 0.5) is 0 Å². The minimum Gasteiger partial charge on any atom is -0.460 e. The molecule has 4 rings (SSSR count). The molecule has 1 saturated carbocycles. The number of cyclic esters (lactones) is 1. The van der Waals surface area contributed by atoms with Crippen LogP contribution in [0.2, 0.25) is 0 Å². The van der Waals surface area contributed by atoms with Crippen LogP contribution in [0.1, 0.15) is 132 Å². The summed E-state index contributed by atoms with van der Waals surface area (Å²) < 4.78 is 35.9. The van der Waals surface area contributed by atoms with Gasteiger partial charge in [0, 0.05) is 63.9 Å². The lowest BCUT2D eigenvalue weighted by atomic mass is 9.76. The molecule has 0 spiro atoms. The number of Topliss-reactive ketones (excluding diaryl/α,β-unsaturated/α-hetero) is 2. The van der Waals surface area contributed by atoms with E-state index in [0.717, 1.165) is 18.4 Å². The number of hydrogen-bond donors (Lipinski definition) is 4. The number of piperidine rings is 1. The van der Waals surface area contributed by atoms with Crippen molar-refractivity contribution in [1.82, 2.24) is 4.90 Å². The molecule has 3 aliphatic heterocycles. The molecule has 1 aliphatic carbocycles. The predicted octanol–water partition coefficient (Wildman–Crippen LogP) is 5.88. The molecule has 3 fully saturated rings. The highest BCUT2D eigenvalue weighted by Gasteiger charge is 2.53. The van der Waals surface area contributed by atoms with Crippen molar-refractivity contribution < 1.29 is 72.8 Å². The van der Waals surface area contributed by atoms with Crippen molar-refractivity contribution in [3.8, 4) is 0 Å². The van der Waals surface area contributed by atoms with Gasteiger partial charge in [-0.2, -0.15) is 0 Å². The highest BCUT2D eigenvalue weighted by atomic mass is 16.6. The Kier molecular flexibility index (Phi) is 24.7. The molecule has 0 aromatic rings. The van der Waals surface area contributed by atoms with Gasteiger partial charge in [0.1, 0.15) is 30.0 Å². The largest absolute Gasteiger partial charge is 0.460 e. The Bertz CT molecular complexity index is 1800. The van der Waals surface area contributed by atoms with Crippen molar-refractivity contribution in [2.24, 2.45) is 47.3 Å². The third kappa shape index (κ3) is 16.4. The zero-order valence-corrected chi connectivity index (χ0v) is 44.3. The van der Waals surface area contributed by atoms with Crippen LogP contribution in [0.25, 0.3) is 0 Å². The Labute approximate surface area is 423 Å². The Morgan fingerprint density at radius 2 is 1.61 bits per heavy atom. The molecule has 4 aliphatic rings. The van der Waals surface area contributed by atoms with E-state index in [1.165, 1.54) is 18.7 Å². The van der Waals surface area contributed by atoms with E-state index < -0.39 is 107 Å². The molecule has 2 saturated heterocycles. The van der Waals surface area contributed by atoms with E-state index in [-0.39, 0.29) is 43.4 Å². The fourth-order valence-electron chi connectivity index (χ4n) is 11.2. The summed E-state index contributed by atoms with van der Waals surface area (Å²) in [5, 5.41) is 47.1. The van der Waals surface area contributed by atoms with E-state index in [4.69, 9.17) is 28.4 Å². The van der Waals surface area contributed by atoms with E-state index in [2.05, 4.69) is 0 Å². The Morgan fingerprint density at radius 1 is 0.873 bits per heavy atom. The Morgan fingerprint density at radius 3 is 2.28 bits per heavy atom. The van der Waals surface area contributed by atoms with E-state index >= 15 is 0 Å². The summed E-state index contributed by atoms with van der Waals surface area (Å²) in [7, 11) is 3.23. The molecule has 18 atom stereocenters. The number of hydrogen-bond acceptors (Lipinski definition) is 15. The first-order valence-electron chi connectivity index (χ1n) is 26.5. The van der Waals surface area contributed by atoms with Gasteiger partial charge >= 0.3 is 5.97 Å². The number of methoxy groups -OCH3 is 2. The quantitative estimate of drug-likeness (QED) is 0.0821. The van der Waals surface area contributed by atoms with Crippen LogP contribution in [0.3, 0.4) is 0 Å². The number of fused-ring (bicyclic) bond motifs is 3. The average molecular weight is 1000 g/mol. The zero-order chi connectivity index (χ0) is 52.6. The van der Waals surface area contributed by atoms with Crippen molar-refractivity contribution in [1.29, 1.82) is 0 Å². The van der Waals surface area contributed by atoms with Crippen LogP contribution in [0, 0.1) is 47.3 Å². The maximum atomic E-state index is 14.6. The lowest BCUT2D eigenvalue weighted by molar-refractivity contribution is -0.317. The monoisotopic (exact) mass is 1000 g/mol. The van der Waals surface area contributed by atoms with Gasteiger partial charge < -0.3 is 58.5 Å². The molecule has 16 nitrogen and oxygen atoms in total. The van der Waals surface area contributed by atoms with E-state index in [1.54, 1.807) is 28.1 Å². The van der Waals surface area contributed by atoms with Gasteiger partial charge in [0.05, 0.1) is 55.8 Å². The Hall–Kier alpha value is -3.19. The van der Waals surface area contributed by atoms with Crippen LogP contribution in [0.15, 0.2) is 36.0 Å². The number of aliphatic hydroxyl groups excluding tert-OH is 3. The Balaban J connectivity index is 1.68. The molecule has 2 bridgehead atoms. The molecular formula is C55H89NO15. The molecule has 0 aromatic carbocycles. The molecular weight excluding hydrogens is 915 g/mol. The van der Waals surface area contributed by atoms with Crippen LogP contribution in [-0.2, 0) is 52.4 Å². The number of ketones is 2. The van der Waals surface area contributed by atoms with Gasteiger partial charge in [-0.15, -0.1) is 0 Å². The van der Waals surface area contributed by atoms with Gasteiger partial charge in [-0.3, -0.25) is 14.4 Å². The number of amides is 1. The third-order valence-corrected chi connectivity index (χ3v) is 16.0. The van der Waals surface area contributed by atoms with E-state index in [1.807, 2.05) is 58.1 Å². The first-order chi connectivity index (χ1) is 33.7. The molecule has 18 unspecified atom stereocenters. The minimum absolute atomic E-state index is 0.0742. The fraction of sp³-hybridized carbons (Fsp3) is 0.800. The first-order valence-corrected chi connectivity index (χ1v) is 26.5. The molecule has 0 radical (unpaired) electrons. The zero-order valence-electron chi connectivity index (χ0n) is 44.3. The van der Waals surface area contributed by atoms with Crippen LogP contribution < -0.4 is 0 Å². The highest BCUT2D eigenvalue weighted by Crippen LogP contribution is 2.39. The maximum Gasteiger partial charge on any atom is 0.329 e. The standard InChI is InChI=1S/C55H89NO15/c1-11-68-25-26-69-45-23-21-40(29-48(45)67-10)28-35(4)47-31-44(58)38(7)50(60)39(8)51(61)42(32-57)49(59)36(5)27-33(2)17-13-12-14-18-34(3)46(66-9)30-41-22-20-37(6)55(65,71-41)52(62)53(63)56-24-16-15-19-43(56)54(64)70-47/h12-14,17-18,32-33,35-43,45-48,50-52,60-62,65H,11,15-16,19-31H2,1-10H3/b14-12?,17-13+,34-18?. The summed E-state index contributed by atoms with van der Waals surface area (Å²) in [5.74, 6) is -10.0. The number of nitrogens with zero attached hydrogens (tertiary/aromatic N) is 1. The number of aliphatic hydroxyl groups is 4. The van der Waals surface area contributed by atoms with E-state index in [9.17, 15) is 44.4 Å². The van der Waals surface area contributed by atoms with Gasteiger partial charge in [0.25, 0.3) is 5.91 Å². The second-order valence-electron chi connectivity index (χ2n) is 21.3. The summed E-state index contributed by atoms with van der Waals surface area (Å²) in [6, 6.07) is -1.14. The van der Waals surface area contributed by atoms with Gasteiger partial charge in [0.15, 0.2) is 6.10 Å². The highest BCUT2D eigenvalue weighted by molar-refractivity contribution is 5.95. The normalized spacial score (nSPS) is 39.2. The van der Waals surface area contributed by atoms with Crippen molar-refractivity contribution in [3.05, 3.63) is 36.0 Å². The number of aldehydes is 1. The maximum absolute atomic E-state index is 14.6. The number of esters is 1. The molecule has 1 amide bonds. The minimum atomic E-state index is -2.27. The average Bonchev–Trinajstić information content (AvgIpc) is 3.36. The smallest absolute Gasteiger partial charge is 0.329 e. The first kappa shape index (κ1) is 60.4. The number of ether oxygens (including phenoxy) is 6. The van der Waals surface area contributed by atoms with Gasteiger partial charge in [0.2, 0.25) is 5.79 Å². The van der Waals surface area contributed by atoms with E-state index in [0.29, 0.717) is 77.5 Å². The molecule has 0 aromatic heterocycles. The van der Waals surface area contributed by atoms with Crippen LogP contribution in [0.5, 0.6) is 0 Å². The fourth-order valence-corrected chi connectivity index (χ4v) is 11.2. The van der Waals surface area contributed by atoms with Crippen LogP contribution in [-0.4, -0.2) is 156 Å². The molecule has 4 N–H and O–H groups in total. The third-order valence-electron chi connectivity index (χ3n) is 16.0. The van der Waals surface area contributed by atoms with Crippen molar-refractivity contribution in [2.75, 3.05) is 40.6 Å². The molecule has 404 valence electrons. The summed E-state index contributed by atoms with van der Waals surface area (Å²) in [4.78, 5) is 70.8. The number of rotatable bonds is 11. The topological polar surface area (TPSA) is 225 Å². The van der Waals surface area contributed by atoms with Gasteiger partial charge in [-0.1, -0.05) is 71.9 Å². The van der Waals surface area contributed by atoms with Crippen LogP contribution >= 0.6 is 0 Å². The molecule has 16 heteroatoms.